The van der Waals surface area contributed by atoms with Crippen LogP contribution in [-0.4, -0.2) is 6.61 Å². The van der Waals surface area contributed by atoms with Crippen molar-refractivity contribution in [2.75, 3.05) is 6.61 Å². The quantitative estimate of drug-likeness (QED) is 0.588. The molecule has 0 aliphatic carbocycles. The van der Waals surface area contributed by atoms with E-state index in [2.05, 4.69) is 51.7 Å². The maximum atomic E-state index is 5.62. The average molecular weight is 345 g/mol. The predicted octanol–water partition coefficient (Wildman–Crippen LogP) is 4.52. The van der Waals surface area contributed by atoms with Crippen molar-refractivity contribution in [2.45, 2.75) is 13.8 Å². The van der Waals surface area contributed by atoms with Gasteiger partial charge in [0.05, 0.1) is 6.61 Å². The summed E-state index contributed by atoms with van der Waals surface area (Å²) in [5.74, 6) is 1.38. The minimum atomic E-state index is 0.546. The molecule has 86 valence electrons. The summed E-state index contributed by atoms with van der Waals surface area (Å²) >= 11 is 4.25. The zero-order valence-electron chi connectivity index (χ0n) is 10.2. The minimum absolute atomic E-state index is 0.546. The molecule has 0 fully saturated rings. The van der Waals surface area contributed by atoms with E-state index in [4.69, 9.17) is 4.74 Å². The van der Waals surface area contributed by atoms with Crippen LogP contribution in [0.25, 0.3) is 10.8 Å². The molecule has 2 rings (SSSR count). The van der Waals surface area contributed by atoms with Crippen molar-refractivity contribution in [3.8, 4) is 5.75 Å². The first-order valence-corrected chi connectivity index (χ1v) is 12.5. The molecule has 2 aromatic rings. The molecule has 0 heterocycles. The molecule has 0 unspecified atom stereocenters. The number of rotatable bonds is 3. The van der Waals surface area contributed by atoms with E-state index in [9.17, 15) is 0 Å². The first-order valence-electron chi connectivity index (χ1n) is 5.56. The van der Waals surface area contributed by atoms with Gasteiger partial charge in [-0.25, -0.2) is 0 Å². The summed E-state index contributed by atoms with van der Waals surface area (Å²) in [5, 5.41) is 2.31. The van der Waals surface area contributed by atoms with Crippen molar-refractivity contribution < 1.29 is 21.1 Å². The van der Waals surface area contributed by atoms with Gasteiger partial charge in [-0.3, -0.25) is 0 Å². The van der Waals surface area contributed by atoms with E-state index in [0.717, 1.165) is 17.7 Å². The zero-order valence-corrected chi connectivity index (χ0v) is 14.8. The van der Waals surface area contributed by atoms with Crippen LogP contribution in [0.4, 0.5) is 0 Å². The summed E-state index contributed by atoms with van der Waals surface area (Å²) in [6.07, 6.45) is 0. The SMILES string of the molecule is CC(C)COc1[c-]c2ccccc2cc1.[Zn+][Br]. The zero-order chi connectivity index (χ0) is 12.7. The Morgan fingerprint density at radius 3 is 2.59 bits per heavy atom. The van der Waals surface area contributed by atoms with Gasteiger partial charge in [-0.15, -0.1) is 35.0 Å². The van der Waals surface area contributed by atoms with Crippen molar-refractivity contribution in [1.29, 1.82) is 0 Å². The number of halogens is 1. The molecular weight excluding hydrogens is 329 g/mol. The molecule has 0 atom stereocenters. The Labute approximate surface area is 120 Å². The van der Waals surface area contributed by atoms with Crippen molar-refractivity contribution in [3.63, 3.8) is 0 Å². The molecule has 0 bridgehead atoms. The van der Waals surface area contributed by atoms with Gasteiger partial charge in [-0.05, 0) is 5.92 Å². The molecule has 1 nitrogen and oxygen atoms in total. The summed E-state index contributed by atoms with van der Waals surface area (Å²) in [6.45, 7) is 5.02. The fraction of sp³-hybridized carbons (Fsp3) is 0.286. The molecule has 0 saturated carbocycles. The second-order valence-corrected chi connectivity index (χ2v) is 4.11. The van der Waals surface area contributed by atoms with E-state index in [1.54, 1.807) is 0 Å². The maximum absolute atomic E-state index is 5.62. The van der Waals surface area contributed by atoms with Crippen molar-refractivity contribution in [2.24, 2.45) is 5.92 Å². The molecule has 0 N–H and O–H groups in total. The molecule has 0 amide bonds. The number of benzene rings is 2. The molecule has 0 aliphatic rings. The van der Waals surface area contributed by atoms with Gasteiger partial charge in [0.25, 0.3) is 0 Å². The van der Waals surface area contributed by atoms with Crippen molar-refractivity contribution in [1.82, 2.24) is 0 Å². The van der Waals surface area contributed by atoms with E-state index in [1.807, 2.05) is 18.2 Å². The van der Waals surface area contributed by atoms with Crippen LogP contribution in [-0.2, 0) is 16.3 Å². The van der Waals surface area contributed by atoms with Crippen LogP contribution in [0.3, 0.4) is 0 Å². The summed E-state index contributed by atoms with van der Waals surface area (Å²) in [4.78, 5) is 0. The van der Waals surface area contributed by atoms with Gasteiger partial charge in [0, 0.05) is 5.75 Å². The van der Waals surface area contributed by atoms with Crippen LogP contribution in [0.5, 0.6) is 5.75 Å². The van der Waals surface area contributed by atoms with Gasteiger partial charge in [-0.1, -0.05) is 32.0 Å². The van der Waals surface area contributed by atoms with E-state index in [1.165, 1.54) is 21.7 Å². The first kappa shape index (κ1) is 14.7. The number of hydrogen-bond acceptors (Lipinski definition) is 1. The van der Waals surface area contributed by atoms with Crippen molar-refractivity contribution in [3.05, 3.63) is 42.5 Å². The van der Waals surface area contributed by atoms with Crippen molar-refractivity contribution >= 4 is 24.4 Å². The Balaban J connectivity index is 0.000000686. The summed E-state index contributed by atoms with van der Waals surface area (Å²) < 4.78 is 5.62. The number of fused-ring (bicyclic) bond motifs is 1. The second-order valence-electron chi connectivity index (χ2n) is 4.11. The van der Waals surface area contributed by atoms with Crippen LogP contribution in [0.1, 0.15) is 13.8 Å². The van der Waals surface area contributed by atoms with Gasteiger partial charge in [-0.2, -0.15) is 0 Å². The standard InChI is InChI=1S/C14H15O.BrH.Zn/c1-11(2)10-15-14-8-7-12-5-3-4-6-13(12)9-14;;/h3-8,11H,10H2,1-2H3;1H;/q-1;;+2/p-1. The number of hydrogen-bond donors (Lipinski definition) is 0. The van der Waals surface area contributed by atoms with Crippen LogP contribution >= 0.6 is 13.6 Å². The van der Waals surface area contributed by atoms with E-state index in [-0.39, 0.29) is 0 Å². The molecule has 3 heteroatoms. The predicted molar refractivity (Wildman–Crippen MR) is 72.0 cm³/mol. The topological polar surface area (TPSA) is 9.23 Å². The Bertz CT molecular complexity index is 457. The monoisotopic (exact) mass is 342 g/mol. The third-order valence-corrected chi connectivity index (χ3v) is 2.21. The summed E-state index contributed by atoms with van der Waals surface area (Å²) in [5.41, 5.74) is 0. The molecule has 0 spiro atoms. The fourth-order valence-corrected chi connectivity index (χ4v) is 1.44. The second kappa shape index (κ2) is 7.84. The van der Waals surface area contributed by atoms with E-state index in [0.29, 0.717) is 5.92 Å². The van der Waals surface area contributed by atoms with Crippen LogP contribution < -0.4 is 4.74 Å². The Morgan fingerprint density at radius 1 is 1.18 bits per heavy atom. The third-order valence-electron chi connectivity index (χ3n) is 2.21. The molecule has 0 radical (unpaired) electrons. The molecule has 2 aromatic carbocycles. The van der Waals surface area contributed by atoms with Crippen LogP contribution in [0.2, 0.25) is 0 Å². The Hall–Kier alpha value is -0.397. The molecule has 0 saturated heterocycles. The Morgan fingerprint density at radius 2 is 1.88 bits per heavy atom. The number of ether oxygens (including phenoxy) is 1. The molecule has 0 aromatic heterocycles. The molecule has 17 heavy (non-hydrogen) atoms. The fourth-order valence-electron chi connectivity index (χ4n) is 1.44. The van der Waals surface area contributed by atoms with E-state index < -0.39 is 0 Å². The van der Waals surface area contributed by atoms with Crippen LogP contribution in [0.15, 0.2) is 36.4 Å². The third kappa shape index (κ3) is 4.77. The van der Waals surface area contributed by atoms with Gasteiger partial charge >= 0.3 is 30.0 Å². The van der Waals surface area contributed by atoms with Gasteiger partial charge < -0.3 is 4.74 Å². The van der Waals surface area contributed by atoms with E-state index >= 15 is 0 Å². The van der Waals surface area contributed by atoms with Crippen LogP contribution in [0, 0.1) is 12.0 Å². The summed E-state index contributed by atoms with van der Waals surface area (Å²) in [7, 11) is 0. The van der Waals surface area contributed by atoms with Gasteiger partial charge in [0.15, 0.2) is 0 Å². The average Bonchev–Trinajstić information content (AvgIpc) is 2.38. The normalized spacial score (nSPS) is 10.0. The molecular formula is C14H15BrOZn. The van der Waals surface area contributed by atoms with Gasteiger partial charge in [0.2, 0.25) is 0 Å². The first-order chi connectivity index (χ1) is 8.25. The Kier molecular flexibility index (Phi) is 6.76. The summed E-state index contributed by atoms with van der Waals surface area (Å²) in [6, 6.07) is 15.5. The van der Waals surface area contributed by atoms with Gasteiger partial charge in [0.1, 0.15) is 0 Å². The molecule has 0 aliphatic heterocycles.